The minimum atomic E-state index is 0.481. The van der Waals surface area contributed by atoms with E-state index in [0.717, 1.165) is 22.5 Å². The molecule has 0 fully saturated rings. The van der Waals surface area contributed by atoms with Crippen LogP contribution in [0.3, 0.4) is 0 Å². The van der Waals surface area contributed by atoms with Crippen molar-refractivity contribution in [2.45, 2.75) is 53.4 Å². The van der Waals surface area contributed by atoms with E-state index in [-0.39, 0.29) is 0 Å². The molecule has 6 aromatic heterocycles. The smallest absolute Gasteiger partial charge is 0.136 e. The summed E-state index contributed by atoms with van der Waals surface area (Å²) >= 11 is 5.71. The van der Waals surface area contributed by atoms with Crippen LogP contribution in [0.2, 0.25) is 5.15 Å². The molecular weight excluding hydrogens is 480 g/mol. The number of hydrogen-bond acceptors (Lipinski definition) is 3. The van der Waals surface area contributed by atoms with E-state index in [1.807, 2.05) is 80.6 Å². The van der Waals surface area contributed by atoms with Crippen LogP contribution < -0.4 is 0 Å². The molecule has 0 amide bonds. The minimum Gasteiger partial charge on any atom is -0.349 e. The first-order valence-corrected chi connectivity index (χ1v) is 13.1. The normalized spacial score (nSPS) is 10.6. The second-order valence-corrected chi connectivity index (χ2v) is 9.38. The molecule has 194 valence electrons. The fourth-order valence-corrected chi connectivity index (χ4v) is 4.11. The summed E-state index contributed by atoms with van der Waals surface area (Å²) in [5.74, 6) is 2.16. The molecule has 7 heteroatoms. The number of halogens is 1. The predicted octanol–water partition coefficient (Wildman–Crippen LogP) is 8.17. The molecule has 0 N–H and O–H groups in total. The number of rotatable bonds is 2. The van der Waals surface area contributed by atoms with Gasteiger partial charge in [-0.25, -0.2) is 15.0 Å². The van der Waals surface area contributed by atoms with Gasteiger partial charge >= 0.3 is 0 Å². The van der Waals surface area contributed by atoms with Crippen LogP contribution in [0.15, 0.2) is 85.6 Å². The van der Waals surface area contributed by atoms with Gasteiger partial charge in [0.05, 0.1) is 22.7 Å². The summed E-state index contributed by atoms with van der Waals surface area (Å²) in [5.41, 5.74) is 5.56. The quantitative estimate of drug-likeness (QED) is 0.218. The van der Waals surface area contributed by atoms with E-state index < -0.39 is 0 Å². The molecule has 6 rings (SSSR count). The molecule has 0 aliphatic carbocycles. The van der Waals surface area contributed by atoms with Gasteiger partial charge in [0.25, 0.3) is 0 Å². The zero-order chi connectivity index (χ0) is 26.9. The van der Waals surface area contributed by atoms with Gasteiger partial charge in [-0.1, -0.05) is 65.3 Å². The average molecular weight is 517 g/mol. The number of hydrogen-bond donors (Lipinski definition) is 0. The Bertz CT molecular complexity index is 1530. The van der Waals surface area contributed by atoms with Crippen LogP contribution in [0.5, 0.6) is 0 Å². The van der Waals surface area contributed by atoms with Gasteiger partial charge in [-0.05, 0) is 48.4 Å². The molecule has 37 heavy (non-hydrogen) atoms. The maximum atomic E-state index is 5.71. The second-order valence-electron chi connectivity index (χ2n) is 8.99. The van der Waals surface area contributed by atoms with E-state index in [1.165, 1.54) is 11.2 Å². The van der Waals surface area contributed by atoms with E-state index in [0.29, 0.717) is 17.0 Å². The lowest BCUT2D eigenvalue weighted by Gasteiger charge is -2.07. The van der Waals surface area contributed by atoms with Crippen molar-refractivity contribution in [2.24, 2.45) is 7.05 Å². The van der Waals surface area contributed by atoms with Gasteiger partial charge in [0, 0.05) is 43.4 Å². The maximum Gasteiger partial charge on any atom is 0.136 e. The van der Waals surface area contributed by atoms with Gasteiger partial charge in [0.2, 0.25) is 0 Å². The maximum absolute atomic E-state index is 5.71. The molecule has 0 bridgehead atoms. The molecule has 0 radical (unpaired) electrons. The highest BCUT2D eigenvalue weighted by atomic mass is 35.5. The number of aryl methyl sites for hydroxylation is 1. The third kappa shape index (κ3) is 6.77. The molecule has 0 unspecified atom stereocenters. The summed E-state index contributed by atoms with van der Waals surface area (Å²) < 4.78 is 6.27. The number of aromatic nitrogens is 6. The molecule has 0 aromatic carbocycles. The first kappa shape index (κ1) is 27.9. The summed E-state index contributed by atoms with van der Waals surface area (Å²) in [4.78, 5) is 12.7. The summed E-state index contributed by atoms with van der Waals surface area (Å²) in [6.45, 7) is 12.7. The molecule has 0 spiro atoms. The topological polar surface area (TPSA) is 52.4 Å². The largest absolute Gasteiger partial charge is 0.349 e. The fourth-order valence-electron chi connectivity index (χ4n) is 3.96. The van der Waals surface area contributed by atoms with Gasteiger partial charge < -0.3 is 13.4 Å². The minimum absolute atomic E-state index is 0.481. The Balaban J connectivity index is 0.000000149. The first-order chi connectivity index (χ1) is 17.8. The molecule has 6 aromatic rings. The van der Waals surface area contributed by atoms with Gasteiger partial charge in [0.1, 0.15) is 16.6 Å². The van der Waals surface area contributed by atoms with E-state index in [9.17, 15) is 0 Å². The third-order valence-corrected chi connectivity index (χ3v) is 5.95. The Morgan fingerprint density at radius 1 is 0.757 bits per heavy atom. The van der Waals surface area contributed by atoms with Crippen LogP contribution in [0, 0.1) is 0 Å². The fraction of sp³-hybridized carbons (Fsp3) is 0.300. The molecule has 0 atom stereocenters. The van der Waals surface area contributed by atoms with Crippen molar-refractivity contribution in [2.75, 3.05) is 0 Å². The van der Waals surface area contributed by atoms with E-state index >= 15 is 0 Å². The Morgan fingerprint density at radius 3 is 2.27 bits per heavy atom. The Hall–Kier alpha value is -3.64. The summed E-state index contributed by atoms with van der Waals surface area (Å²) in [7, 11) is 1.98. The zero-order valence-corrected chi connectivity index (χ0v) is 23.6. The third-order valence-electron chi connectivity index (χ3n) is 5.74. The highest BCUT2D eigenvalue weighted by molar-refractivity contribution is 6.29. The highest BCUT2D eigenvalue weighted by Gasteiger charge is 2.05. The highest BCUT2D eigenvalue weighted by Crippen LogP contribution is 2.16. The van der Waals surface area contributed by atoms with Crippen LogP contribution in [0.25, 0.3) is 22.2 Å². The Morgan fingerprint density at radius 2 is 1.54 bits per heavy atom. The van der Waals surface area contributed by atoms with Gasteiger partial charge in [0.15, 0.2) is 0 Å². The summed E-state index contributed by atoms with van der Waals surface area (Å²) in [6, 6.07) is 18.0. The lowest BCUT2D eigenvalue weighted by Crippen LogP contribution is -1.96. The van der Waals surface area contributed by atoms with Crippen molar-refractivity contribution in [3.05, 3.63) is 102 Å². The molecular formula is C30H37ClN6. The van der Waals surface area contributed by atoms with Crippen molar-refractivity contribution >= 4 is 33.8 Å². The van der Waals surface area contributed by atoms with Gasteiger partial charge in [-0.15, -0.1) is 0 Å². The molecule has 6 nitrogen and oxygen atoms in total. The van der Waals surface area contributed by atoms with E-state index in [1.54, 1.807) is 6.07 Å². The Labute approximate surface area is 224 Å². The van der Waals surface area contributed by atoms with Crippen molar-refractivity contribution in [3.8, 4) is 0 Å². The molecule has 0 saturated carbocycles. The van der Waals surface area contributed by atoms with Crippen LogP contribution in [0.4, 0.5) is 0 Å². The van der Waals surface area contributed by atoms with Crippen LogP contribution in [-0.4, -0.2) is 28.3 Å². The lowest BCUT2D eigenvalue weighted by molar-refractivity contribution is 0.770. The van der Waals surface area contributed by atoms with Crippen LogP contribution in [0.1, 0.15) is 64.9 Å². The number of nitrogens with zero attached hydrogens (tertiary/aromatic N) is 6. The molecule has 0 aliphatic rings. The van der Waals surface area contributed by atoms with Gasteiger partial charge in [-0.2, -0.15) is 0 Å². The number of imidazole rings is 2. The van der Waals surface area contributed by atoms with Crippen LogP contribution >= 0.6 is 11.6 Å². The van der Waals surface area contributed by atoms with Crippen LogP contribution in [-0.2, 0) is 7.05 Å². The van der Waals surface area contributed by atoms with Crippen molar-refractivity contribution < 1.29 is 0 Å². The second kappa shape index (κ2) is 13.1. The average Bonchev–Trinajstić information content (AvgIpc) is 3.64. The van der Waals surface area contributed by atoms with Crippen molar-refractivity contribution in [1.82, 2.24) is 28.3 Å². The summed E-state index contributed by atoms with van der Waals surface area (Å²) in [6.07, 6.45) is 9.77. The lowest BCUT2D eigenvalue weighted by atomic mass is 10.1. The summed E-state index contributed by atoms with van der Waals surface area (Å²) in [5, 5.41) is 0.545. The number of pyridine rings is 3. The van der Waals surface area contributed by atoms with Gasteiger partial charge in [-0.3, -0.25) is 0 Å². The number of fused-ring (bicyclic) bond motifs is 3. The van der Waals surface area contributed by atoms with E-state index in [4.69, 9.17) is 11.6 Å². The zero-order valence-electron chi connectivity index (χ0n) is 22.8. The van der Waals surface area contributed by atoms with Crippen molar-refractivity contribution in [3.63, 3.8) is 0 Å². The molecule has 6 heterocycles. The monoisotopic (exact) mass is 516 g/mol. The molecule has 0 saturated heterocycles. The van der Waals surface area contributed by atoms with Crippen molar-refractivity contribution in [1.29, 1.82) is 0 Å². The first-order valence-electron chi connectivity index (χ1n) is 12.8. The Kier molecular flexibility index (Phi) is 9.86. The standard InChI is InChI=1S/2C10H12N2.C8H7ClN2.C2H6/c1-8(2)9-4-3-5-10-11-6-7-12(9)10;1-8(2)10-11-7-9-5-3-4-6-12(9)10;1-11-5-4-6-7(11)2-3-8(9)10-6;1-2/h2*3-8H,1-2H3;2-5H,1H3;1-2H3. The SMILES string of the molecule is CC.CC(C)c1cccc2nccn12.CC(C)c1ncc2ccccn12.Cn1ccc2nc(Cl)ccc21. The predicted molar refractivity (Wildman–Crippen MR) is 156 cm³/mol. The molecule has 0 aliphatic heterocycles. The van der Waals surface area contributed by atoms with E-state index in [2.05, 4.69) is 75.8 Å².